The molecule has 142 valence electrons. The largest absolute Gasteiger partial charge is 0.464 e. The molecule has 0 aliphatic carbocycles. The van der Waals surface area contributed by atoms with Crippen LogP contribution in [-0.2, 0) is 14.3 Å². The first-order valence-electron chi connectivity index (χ1n) is 9.62. The van der Waals surface area contributed by atoms with Crippen molar-refractivity contribution in [2.75, 3.05) is 13.2 Å². The lowest BCUT2D eigenvalue weighted by molar-refractivity contribution is -0.147. The minimum Gasteiger partial charge on any atom is -0.464 e. The van der Waals surface area contributed by atoms with Crippen LogP contribution in [0.1, 0.15) is 85.5 Å². The van der Waals surface area contributed by atoms with E-state index < -0.39 is 12.1 Å². The fourth-order valence-electron chi connectivity index (χ4n) is 2.30. The summed E-state index contributed by atoms with van der Waals surface area (Å²) in [5.41, 5.74) is 0. The third-order valence-corrected chi connectivity index (χ3v) is 3.92. The average molecular weight is 344 g/mol. The summed E-state index contributed by atoms with van der Waals surface area (Å²) < 4.78 is 10.4. The Morgan fingerprint density at radius 1 is 0.792 bits per heavy atom. The van der Waals surface area contributed by atoms with Gasteiger partial charge in [0.15, 0.2) is 0 Å². The van der Waals surface area contributed by atoms with Crippen molar-refractivity contribution in [3.8, 4) is 0 Å². The van der Waals surface area contributed by atoms with Crippen molar-refractivity contribution in [1.82, 2.24) is 5.32 Å². The van der Waals surface area contributed by atoms with Crippen LogP contribution in [0.15, 0.2) is 0 Å². The van der Waals surface area contributed by atoms with Crippen molar-refractivity contribution in [1.29, 1.82) is 0 Å². The molecular weight excluding hydrogens is 306 g/mol. The number of rotatable bonds is 14. The molecule has 0 bridgehead atoms. The lowest BCUT2D eigenvalue weighted by Gasteiger charge is -2.20. The van der Waals surface area contributed by atoms with E-state index in [-0.39, 0.29) is 11.9 Å². The molecule has 0 saturated carbocycles. The van der Waals surface area contributed by atoms with Crippen molar-refractivity contribution in [3.63, 3.8) is 0 Å². The van der Waals surface area contributed by atoms with E-state index in [0.29, 0.717) is 13.2 Å². The number of alkyl carbamates (subject to hydrolysis) is 1. The number of hydrogen-bond donors (Lipinski definition) is 1. The van der Waals surface area contributed by atoms with Gasteiger partial charge in [-0.05, 0) is 18.8 Å². The Morgan fingerprint density at radius 2 is 1.33 bits per heavy atom. The van der Waals surface area contributed by atoms with E-state index >= 15 is 0 Å². The van der Waals surface area contributed by atoms with Crippen LogP contribution in [0.2, 0.25) is 0 Å². The zero-order chi connectivity index (χ0) is 18.2. The minimum absolute atomic E-state index is 0.0368. The van der Waals surface area contributed by atoms with Gasteiger partial charge in [-0.25, -0.2) is 9.59 Å². The first-order chi connectivity index (χ1) is 11.5. The molecule has 0 aliphatic rings. The van der Waals surface area contributed by atoms with E-state index in [1.807, 2.05) is 20.8 Å². The number of hydrogen-bond acceptors (Lipinski definition) is 4. The molecule has 0 aromatic rings. The summed E-state index contributed by atoms with van der Waals surface area (Å²) in [6, 6.07) is -0.649. The van der Waals surface area contributed by atoms with Gasteiger partial charge in [-0.3, -0.25) is 0 Å². The Morgan fingerprint density at radius 3 is 1.92 bits per heavy atom. The molecule has 5 nitrogen and oxygen atoms in total. The highest BCUT2D eigenvalue weighted by molar-refractivity contribution is 5.81. The van der Waals surface area contributed by atoms with Gasteiger partial charge in [-0.15, -0.1) is 0 Å². The SMILES string of the molecule is CCCCCCCCCOC(=O)C(NC(=O)OCCCC)C(C)C. The quantitative estimate of drug-likeness (QED) is 0.362. The monoisotopic (exact) mass is 343 g/mol. The van der Waals surface area contributed by atoms with Crippen LogP contribution >= 0.6 is 0 Å². The second-order valence-electron chi connectivity index (χ2n) is 6.64. The van der Waals surface area contributed by atoms with Crippen molar-refractivity contribution in [2.45, 2.75) is 91.5 Å². The predicted octanol–water partition coefficient (Wildman–Crippen LogP) is 4.83. The van der Waals surface area contributed by atoms with Gasteiger partial charge in [-0.1, -0.05) is 72.6 Å². The van der Waals surface area contributed by atoms with E-state index in [1.165, 1.54) is 32.1 Å². The molecule has 1 atom stereocenters. The Hall–Kier alpha value is -1.26. The maximum absolute atomic E-state index is 12.1. The number of amides is 1. The van der Waals surface area contributed by atoms with E-state index in [1.54, 1.807) is 0 Å². The second kappa shape index (κ2) is 15.3. The molecule has 5 heteroatoms. The lowest BCUT2D eigenvalue weighted by atomic mass is 10.1. The van der Waals surface area contributed by atoms with Crippen LogP contribution in [0.4, 0.5) is 4.79 Å². The highest BCUT2D eigenvalue weighted by Gasteiger charge is 2.26. The van der Waals surface area contributed by atoms with Crippen LogP contribution in [0.5, 0.6) is 0 Å². The molecule has 0 spiro atoms. The lowest BCUT2D eigenvalue weighted by Crippen LogP contribution is -2.45. The zero-order valence-corrected chi connectivity index (χ0v) is 16.1. The van der Waals surface area contributed by atoms with Gasteiger partial charge in [0.2, 0.25) is 0 Å². The summed E-state index contributed by atoms with van der Waals surface area (Å²) in [7, 11) is 0. The number of carbonyl (C=O) groups excluding carboxylic acids is 2. The van der Waals surface area contributed by atoms with E-state index in [0.717, 1.165) is 25.7 Å². The van der Waals surface area contributed by atoms with Gasteiger partial charge in [0, 0.05) is 0 Å². The number of esters is 1. The second-order valence-corrected chi connectivity index (χ2v) is 6.64. The Balaban J connectivity index is 3.93. The summed E-state index contributed by atoms with van der Waals surface area (Å²) in [6.07, 6.45) is 9.47. The fourth-order valence-corrected chi connectivity index (χ4v) is 2.30. The Labute approximate surface area is 147 Å². The predicted molar refractivity (Wildman–Crippen MR) is 97.0 cm³/mol. The van der Waals surface area contributed by atoms with Gasteiger partial charge in [-0.2, -0.15) is 0 Å². The van der Waals surface area contributed by atoms with Crippen molar-refractivity contribution in [3.05, 3.63) is 0 Å². The molecule has 0 rings (SSSR count). The maximum atomic E-state index is 12.1. The third-order valence-electron chi connectivity index (χ3n) is 3.92. The first kappa shape index (κ1) is 22.7. The standard InChI is InChI=1S/C19H37NO4/c1-5-7-9-10-11-12-13-15-23-18(21)17(16(3)4)20-19(22)24-14-8-6-2/h16-17H,5-15H2,1-4H3,(H,20,22). The van der Waals surface area contributed by atoms with E-state index in [9.17, 15) is 9.59 Å². The Bertz CT molecular complexity index is 331. The van der Waals surface area contributed by atoms with E-state index in [2.05, 4.69) is 12.2 Å². The van der Waals surface area contributed by atoms with E-state index in [4.69, 9.17) is 9.47 Å². The number of ether oxygens (including phenoxy) is 2. The molecule has 0 saturated heterocycles. The van der Waals surface area contributed by atoms with Crippen molar-refractivity contribution in [2.24, 2.45) is 5.92 Å². The van der Waals surface area contributed by atoms with Crippen LogP contribution in [-0.4, -0.2) is 31.3 Å². The van der Waals surface area contributed by atoms with Crippen LogP contribution in [0.25, 0.3) is 0 Å². The number of nitrogens with one attached hydrogen (secondary N) is 1. The minimum atomic E-state index is -0.649. The van der Waals surface area contributed by atoms with Crippen molar-refractivity contribution < 1.29 is 19.1 Å². The molecule has 0 radical (unpaired) electrons. The van der Waals surface area contributed by atoms with Crippen molar-refractivity contribution >= 4 is 12.1 Å². The highest BCUT2D eigenvalue weighted by Crippen LogP contribution is 2.08. The molecule has 0 fully saturated rings. The van der Waals surface area contributed by atoms with Gasteiger partial charge in [0.05, 0.1) is 13.2 Å². The third kappa shape index (κ3) is 12.2. The van der Waals surface area contributed by atoms with Gasteiger partial charge in [0.25, 0.3) is 0 Å². The molecule has 0 aliphatic heterocycles. The van der Waals surface area contributed by atoms with Crippen LogP contribution in [0, 0.1) is 5.92 Å². The molecule has 1 N–H and O–H groups in total. The maximum Gasteiger partial charge on any atom is 0.407 e. The first-order valence-corrected chi connectivity index (χ1v) is 9.62. The molecule has 0 aromatic heterocycles. The highest BCUT2D eigenvalue weighted by atomic mass is 16.6. The molecule has 0 aromatic carbocycles. The smallest absolute Gasteiger partial charge is 0.407 e. The van der Waals surface area contributed by atoms with Crippen LogP contribution < -0.4 is 5.32 Å². The topological polar surface area (TPSA) is 64.6 Å². The zero-order valence-electron chi connectivity index (χ0n) is 16.1. The summed E-state index contributed by atoms with van der Waals surface area (Å²) in [6.45, 7) is 8.79. The molecule has 24 heavy (non-hydrogen) atoms. The normalized spacial score (nSPS) is 12.0. The Kier molecular flexibility index (Phi) is 14.5. The van der Waals surface area contributed by atoms with Gasteiger partial charge < -0.3 is 14.8 Å². The summed E-state index contributed by atoms with van der Waals surface area (Å²) in [4.78, 5) is 23.8. The van der Waals surface area contributed by atoms with Gasteiger partial charge >= 0.3 is 12.1 Å². The number of unbranched alkanes of at least 4 members (excludes halogenated alkanes) is 7. The molecule has 1 amide bonds. The van der Waals surface area contributed by atoms with Gasteiger partial charge in [0.1, 0.15) is 6.04 Å². The molecule has 1 unspecified atom stereocenters. The summed E-state index contributed by atoms with van der Waals surface area (Å²) >= 11 is 0. The average Bonchev–Trinajstić information content (AvgIpc) is 2.54. The molecule has 0 heterocycles. The van der Waals surface area contributed by atoms with Crippen LogP contribution in [0.3, 0.4) is 0 Å². The number of carbonyl (C=O) groups is 2. The molecular formula is C19H37NO4. The summed E-state index contributed by atoms with van der Waals surface area (Å²) in [5.74, 6) is -0.409. The summed E-state index contributed by atoms with van der Waals surface area (Å²) in [5, 5.41) is 2.61. The fraction of sp³-hybridized carbons (Fsp3) is 0.895.